The number of carboxylic acids is 1. The number of amides is 1. The first-order valence-electron chi connectivity index (χ1n) is 4.98. The highest BCUT2D eigenvalue weighted by molar-refractivity contribution is 5.86. The van der Waals surface area contributed by atoms with Crippen molar-refractivity contribution in [1.82, 2.24) is 5.32 Å². The molecule has 0 aliphatic rings. The van der Waals surface area contributed by atoms with Crippen LogP contribution in [-0.2, 0) is 23.9 Å². The lowest BCUT2D eigenvalue weighted by Gasteiger charge is -2.13. The summed E-state index contributed by atoms with van der Waals surface area (Å²) >= 11 is 0. The van der Waals surface area contributed by atoms with Crippen LogP contribution in [0.2, 0.25) is 0 Å². The molecule has 0 aliphatic heterocycles. The first-order chi connectivity index (χ1) is 7.82. The number of Topliss-reactive ketones (excluding diaryl/α,β-unsaturated/α-hetero) is 1. The number of hydrogen-bond acceptors (Lipinski definition) is 5. The number of aliphatic carboxylic acids is 1. The van der Waals surface area contributed by atoms with Crippen LogP contribution in [0.25, 0.3) is 0 Å². The zero-order chi connectivity index (χ0) is 13.4. The molecule has 17 heavy (non-hydrogen) atoms. The summed E-state index contributed by atoms with van der Waals surface area (Å²) in [6, 6.07) is -1.15. The number of rotatable bonds is 7. The smallest absolute Gasteiger partial charge is 0.326 e. The lowest BCUT2D eigenvalue weighted by Crippen LogP contribution is -2.42. The summed E-state index contributed by atoms with van der Waals surface area (Å²) in [6.07, 6.45) is 0.0707. The van der Waals surface area contributed by atoms with Gasteiger partial charge in [-0.15, -0.1) is 0 Å². The molecule has 0 aromatic carbocycles. The normalized spacial score (nSPS) is 11.4. The molecule has 2 N–H and O–H groups in total. The molecule has 0 aliphatic carbocycles. The van der Waals surface area contributed by atoms with E-state index in [1.165, 1.54) is 6.92 Å². The van der Waals surface area contributed by atoms with Gasteiger partial charge in [0.05, 0.1) is 0 Å². The SMILES string of the molecule is CC(=O)CC[C@@H](NC(=O)COC(C)=O)C(=O)O. The monoisotopic (exact) mass is 245 g/mol. The molecule has 7 nitrogen and oxygen atoms in total. The van der Waals surface area contributed by atoms with Crippen molar-refractivity contribution in [2.45, 2.75) is 32.7 Å². The molecule has 1 atom stereocenters. The molecular weight excluding hydrogens is 230 g/mol. The number of nitrogens with one attached hydrogen (secondary N) is 1. The van der Waals surface area contributed by atoms with Crippen LogP contribution in [0.4, 0.5) is 0 Å². The van der Waals surface area contributed by atoms with Gasteiger partial charge in [-0.1, -0.05) is 0 Å². The lowest BCUT2D eigenvalue weighted by molar-refractivity contribution is -0.148. The molecule has 7 heteroatoms. The molecular formula is C10H15NO6. The van der Waals surface area contributed by atoms with Crippen LogP contribution in [0.1, 0.15) is 26.7 Å². The van der Waals surface area contributed by atoms with Crippen LogP contribution in [0, 0.1) is 0 Å². The molecule has 0 bridgehead atoms. The third-order valence-corrected chi connectivity index (χ3v) is 1.82. The Morgan fingerprint density at radius 3 is 2.24 bits per heavy atom. The van der Waals surface area contributed by atoms with Crippen molar-refractivity contribution in [1.29, 1.82) is 0 Å². The van der Waals surface area contributed by atoms with E-state index in [9.17, 15) is 19.2 Å². The van der Waals surface area contributed by atoms with Crippen LogP contribution in [-0.4, -0.2) is 41.4 Å². The maximum Gasteiger partial charge on any atom is 0.326 e. The Balaban J connectivity index is 4.15. The fourth-order valence-corrected chi connectivity index (χ4v) is 1.01. The topological polar surface area (TPSA) is 110 Å². The lowest BCUT2D eigenvalue weighted by atomic mass is 10.1. The van der Waals surface area contributed by atoms with Crippen molar-refractivity contribution in [3.63, 3.8) is 0 Å². The first kappa shape index (κ1) is 15.1. The fraction of sp³-hybridized carbons (Fsp3) is 0.600. The van der Waals surface area contributed by atoms with E-state index in [-0.39, 0.29) is 18.6 Å². The van der Waals surface area contributed by atoms with Crippen molar-refractivity contribution in [3.8, 4) is 0 Å². The number of ketones is 1. The van der Waals surface area contributed by atoms with Crippen LogP contribution < -0.4 is 5.32 Å². The Morgan fingerprint density at radius 2 is 1.82 bits per heavy atom. The summed E-state index contributed by atoms with van der Waals surface area (Å²) < 4.78 is 4.40. The predicted octanol–water partition coefficient (Wildman–Crippen LogP) is -0.512. The van der Waals surface area contributed by atoms with E-state index in [2.05, 4.69) is 10.1 Å². The number of ether oxygens (including phenoxy) is 1. The summed E-state index contributed by atoms with van der Waals surface area (Å²) in [5.41, 5.74) is 0. The van der Waals surface area contributed by atoms with E-state index in [0.29, 0.717) is 0 Å². The molecule has 96 valence electrons. The molecule has 0 heterocycles. The Hall–Kier alpha value is -1.92. The third kappa shape index (κ3) is 7.95. The minimum Gasteiger partial charge on any atom is -0.480 e. The highest BCUT2D eigenvalue weighted by Gasteiger charge is 2.20. The van der Waals surface area contributed by atoms with Gasteiger partial charge in [-0.05, 0) is 13.3 Å². The molecule has 0 radical (unpaired) electrons. The van der Waals surface area contributed by atoms with Crippen molar-refractivity contribution < 1.29 is 29.0 Å². The molecule has 0 saturated carbocycles. The van der Waals surface area contributed by atoms with Gasteiger partial charge >= 0.3 is 11.9 Å². The summed E-state index contributed by atoms with van der Waals surface area (Å²) in [6.45, 7) is 1.94. The number of esters is 1. The maximum atomic E-state index is 11.2. The van der Waals surface area contributed by atoms with Crippen molar-refractivity contribution in [2.24, 2.45) is 0 Å². The van der Waals surface area contributed by atoms with Gasteiger partial charge in [-0.3, -0.25) is 9.59 Å². The molecule has 0 spiro atoms. The summed E-state index contributed by atoms with van der Waals surface area (Å²) in [5, 5.41) is 10.9. The number of hydrogen-bond donors (Lipinski definition) is 2. The minimum absolute atomic E-state index is 0.0104. The van der Waals surface area contributed by atoms with E-state index in [1.807, 2.05) is 0 Å². The zero-order valence-electron chi connectivity index (χ0n) is 9.69. The fourth-order valence-electron chi connectivity index (χ4n) is 1.01. The second kappa shape index (κ2) is 7.37. The Morgan fingerprint density at radius 1 is 1.24 bits per heavy atom. The first-order valence-corrected chi connectivity index (χ1v) is 4.98. The molecule has 1 amide bonds. The second-order valence-electron chi connectivity index (χ2n) is 3.48. The summed E-state index contributed by atoms with van der Waals surface area (Å²) in [7, 11) is 0. The predicted molar refractivity (Wildman–Crippen MR) is 56.1 cm³/mol. The zero-order valence-corrected chi connectivity index (χ0v) is 9.69. The molecule has 0 fully saturated rings. The van der Waals surface area contributed by atoms with E-state index in [1.54, 1.807) is 0 Å². The highest BCUT2D eigenvalue weighted by atomic mass is 16.5. The van der Waals surface area contributed by atoms with Crippen molar-refractivity contribution in [3.05, 3.63) is 0 Å². The summed E-state index contributed by atoms with van der Waals surface area (Å²) in [4.78, 5) is 43.0. The van der Waals surface area contributed by atoms with Crippen LogP contribution in [0.3, 0.4) is 0 Å². The Kier molecular flexibility index (Phi) is 6.54. The van der Waals surface area contributed by atoms with Gasteiger partial charge in [0, 0.05) is 13.3 Å². The van der Waals surface area contributed by atoms with Gasteiger partial charge in [0.2, 0.25) is 0 Å². The molecule has 0 rings (SSSR count). The Bertz CT molecular complexity index is 325. The summed E-state index contributed by atoms with van der Waals surface area (Å²) in [5.74, 6) is -2.74. The van der Waals surface area contributed by atoms with Gasteiger partial charge in [0.1, 0.15) is 11.8 Å². The minimum atomic E-state index is -1.23. The van der Waals surface area contributed by atoms with Gasteiger partial charge in [-0.25, -0.2) is 4.79 Å². The Labute approximate surface area is 98.1 Å². The van der Waals surface area contributed by atoms with Gasteiger partial charge in [0.25, 0.3) is 5.91 Å². The molecule has 0 unspecified atom stereocenters. The molecule has 0 aromatic rings. The number of carbonyl (C=O) groups excluding carboxylic acids is 3. The average molecular weight is 245 g/mol. The van der Waals surface area contributed by atoms with Crippen molar-refractivity contribution in [2.75, 3.05) is 6.61 Å². The largest absolute Gasteiger partial charge is 0.480 e. The maximum absolute atomic E-state index is 11.2. The van der Waals surface area contributed by atoms with Gasteiger partial charge in [-0.2, -0.15) is 0 Å². The number of carboxylic acid groups (broad SMARTS) is 1. The van der Waals surface area contributed by atoms with E-state index >= 15 is 0 Å². The van der Waals surface area contributed by atoms with Crippen LogP contribution >= 0.6 is 0 Å². The van der Waals surface area contributed by atoms with Crippen LogP contribution in [0.15, 0.2) is 0 Å². The van der Waals surface area contributed by atoms with Crippen LogP contribution in [0.5, 0.6) is 0 Å². The quantitative estimate of drug-likeness (QED) is 0.584. The molecule has 0 aromatic heterocycles. The third-order valence-electron chi connectivity index (χ3n) is 1.82. The van der Waals surface area contributed by atoms with E-state index < -0.39 is 30.5 Å². The van der Waals surface area contributed by atoms with Gasteiger partial charge < -0.3 is 20.0 Å². The second-order valence-corrected chi connectivity index (χ2v) is 3.48. The standard InChI is InChI=1S/C10H15NO6/c1-6(12)3-4-8(10(15)16)11-9(14)5-17-7(2)13/h8H,3-5H2,1-2H3,(H,11,14)(H,15,16)/t8-/m1/s1. The van der Waals surface area contributed by atoms with E-state index in [4.69, 9.17) is 5.11 Å². The number of carbonyl (C=O) groups is 4. The molecule has 0 saturated heterocycles. The van der Waals surface area contributed by atoms with Crippen molar-refractivity contribution >= 4 is 23.6 Å². The van der Waals surface area contributed by atoms with Gasteiger partial charge in [0.15, 0.2) is 6.61 Å². The highest BCUT2D eigenvalue weighted by Crippen LogP contribution is 1.99. The van der Waals surface area contributed by atoms with E-state index in [0.717, 1.165) is 6.92 Å². The average Bonchev–Trinajstić information content (AvgIpc) is 2.20.